The van der Waals surface area contributed by atoms with Crippen LogP contribution in [0.25, 0.3) is 0 Å². The molecule has 0 spiro atoms. The zero-order valence-corrected chi connectivity index (χ0v) is 10.3. The van der Waals surface area contributed by atoms with Crippen molar-refractivity contribution in [2.45, 2.75) is 26.3 Å². The molecule has 18 heavy (non-hydrogen) atoms. The van der Waals surface area contributed by atoms with Crippen molar-refractivity contribution < 1.29 is 28.2 Å². The molecule has 0 aliphatic carbocycles. The van der Waals surface area contributed by atoms with Crippen LogP contribution in [-0.4, -0.2) is 49.3 Å². The third kappa shape index (κ3) is 7.77. The van der Waals surface area contributed by atoms with E-state index in [1.165, 1.54) is 6.92 Å². The van der Waals surface area contributed by atoms with Gasteiger partial charge in [-0.1, -0.05) is 0 Å². The zero-order valence-electron chi connectivity index (χ0n) is 10.3. The normalized spacial score (nSPS) is 14.1. The lowest BCUT2D eigenvalue weighted by Gasteiger charge is -2.18. The minimum absolute atomic E-state index is 0.0272. The summed E-state index contributed by atoms with van der Waals surface area (Å²) in [5, 5.41) is 13.5. The summed E-state index contributed by atoms with van der Waals surface area (Å²) in [7, 11) is 0. The van der Waals surface area contributed by atoms with E-state index in [1.807, 2.05) is 0 Å². The fourth-order valence-electron chi connectivity index (χ4n) is 1.01. The van der Waals surface area contributed by atoms with Crippen molar-refractivity contribution in [1.29, 1.82) is 0 Å². The van der Waals surface area contributed by atoms with Crippen LogP contribution in [0.3, 0.4) is 0 Å². The average molecular weight is 268 g/mol. The lowest BCUT2D eigenvalue weighted by atomic mass is 10.0. The number of carboxylic acids is 1. The summed E-state index contributed by atoms with van der Waals surface area (Å²) in [6, 6.07) is -1.10. The van der Waals surface area contributed by atoms with Gasteiger partial charge in [0.1, 0.15) is 6.61 Å². The van der Waals surface area contributed by atoms with Crippen molar-refractivity contribution in [3.05, 3.63) is 0 Å². The average Bonchev–Trinajstić information content (AvgIpc) is 2.26. The molecule has 8 heteroatoms. The summed E-state index contributed by atoms with van der Waals surface area (Å²) in [5.74, 6) is -1.73. The fourth-order valence-corrected chi connectivity index (χ4v) is 1.01. The van der Waals surface area contributed by atoms with E-state index in [0.717, 1.165) is 0 Å². The van der Waals surface area contributed by atoms with E-state index in [1.54, 1.807) is 6.92 Å². The Hall–Kier alpha value is -1.44. The molecule has 0 aromatic carbocycles. The van der Waals surface area contributed by atoms with Gasteiger partial charge in [0.25, 0.3) is 6.43 Å². The summed E-state index contributed by atoms with van der Waals surface area (Å²) in [6.45, 7) is 2.41. The molecule has 0 aromatic rings. The molecule has 6 nitrogen and oxygen atoms in total. The highest BCUT2D eigenvalue weighted by atomic mass is 19.3. The van der Waals surface area contributed by atoms with Gasteiger partial charge in [0.05, 0.1) is 12.5 Å². The molecule has 0 aromatic heterocycles. The molecule has 3 N–H and O–H groups in total. The van der Waals surface area contributed by atoms with Crippen molar-refractivity contribution >= 4 is 12.0 Å². The Morgan fingerprint density at radius 3 is 2.44 bits per heavy atom. The van der Waals surface area contributed by atoms with Crippen LogP contribution >= 0.6 is 0 Å². The van der Waals surface area contributed by atoms with Crippen LogP contribution in [0.15, 0.2) is 0 Å². The smallest absolute Gasteiger partial charge is 0.315 e. The van der Waals surface area contributed by atoms with Crippen LogP contribution in [0, 0.1) is 5.92 Å². The number of amides is 2. The third-order valence-electron chi connectivity index (χ3n) is 2.27. The fraction of sp³-hybridized carbons (Fsp3) is 0.800. The Labute approximate surface area is 104 Å². The maximum Gasteiger partial charge on any atom is 0.315 e. The Morgan fingerprint density at radius 1 is 1.33 bits per heavy atom. The number of ether oxygens (including phenoxy) is 1. The number of carbonyl (C=O) groups is 2. The predicted octanol–water partition coefficient (Wildman–Crippen LogP) is 0.676. The molecule has 0 fully saturated rings. The molecule has 0 aliphatic rings. The number of hydrogen-bond acceptors (Lipinski definition) is 3. The van der Waals surface area contributed by atoms with Crippen molar-refractivity contribution in [3.63, 3.8) is 0 Å². The lowest BCUT2D eigenvalue weighted by Crippen LogP contribution is -2.46. The molecule has 0 rings (SSSR count). The first-order valence-corrected chi connectivity index (χ1v) is 5.47. The van der Waals surface area contributed by atoms with Gasteiger partial charge in [-0.3, -0.25) is 4.79 Å². The summed E-state index contributed by atoms with van der Waals surface area (Å²) in [6.07, 6.45) is -2.53. The van der Waals surface area contributed by atoms with Gasteiger partial charge >= 0.3 is 12.0 Å². The van der Waals surface area contributed by atoms with Crippen LogP contribution < -0.4 is 10.6 Å². The van der Waals surface area contributed by atoms with Crippen LogP contribution in [0.4, 0.5) is 13.6 Å². The highest BCUT2D eigenvalue weighted by Gasteiger charge is 2.20. The number of alkyl halides is 2. The van der Waals surface area contributed by atoms with Crippen molar-refractivity contribution in [1.82, 2.24) is 10.6 Å². The minimum Gasteiger partial charge on any atom is -0.481 e. The lowest BCUT2D eigenvalue weighted by molar-refractivity contribution is -0.141. The zero-order chi connectivity index (χ0) is 14.1. The van der Waals surface area contributed by atoms with E-state index >= 15 is 0 Å². The molecule has 0 heterocycles. The van der Waals surface area contributed by atoms with Crippen molar-refractivity contribution in [3.8, 4) is 0 Å². The first-order chi connectivity index (χ1) is 8.34. The Bertz CT molecular complexity index is 277. The monoisotopic (exact) mass is 268 g/mol. The molecule has 2 unspecified atom stereocenters. The van der Waals surface area contributed by atoms with Crippen LogP contribution in [0.5, 0.6) is 0 Å². The number of carbonyl (C=O) groups excluding carboxylic acids is 1. The minimum atomic E-state index is -2.53. The number of hydrogen-bond donors (Lipinski definition) is 3. The van der Waals surface area contributed by atoms with Crippen LogP contribution in [0.1, 0.15) is 13.8 Å². The largest absolute Gasteiger partial charge is 0.481 e. The molecular weight excluding hydrogens is 250 g/mol. The predicted molar refractivity (Wildman–Crippen MR) is 59.6 cm³/mol. The van der Waals surface area contributed by atoms with Gasteiger partial charge in [-0.15, -0.1) is 0 Å². The van der Waals surface area contributed by atoms with E-state index in [4.69, 9.17) is 5.11 Å². The molecule has 2 atom stereocenters. The molecule has 0 bridgehead atoms. The first kappa shape index (κ1) is 16.6. The topological polar surface area (TPSA) is 87.7 Å². The van der Waals surface area contributed by atoms with Crippen molar-refractivity contribution in [2.24, 2.45) is 5.92 Å². The molecule has 0 aliphatic heterocycles. The second kappa shape index (κ2) is 8.62. The van der Waals surface area contributed by atoms with Gasteiger partial charge in [0.15, 0.2) is 0 Å². The van der Waals surface area contributed by atoms with E-state index in [0.29, 0.717) is 0 Å². The molecule has 0 saturated carbocycles. The van der Waals surface area contributed by atoms with Gasteiger partial charge in [-0.2, -0.15) is 0 Å². The van der Waals surface area contributed by atoms with E-state index in [9.17, 15) is 18.4 Å². The molecule has 0 radical (unpaired) electrons. The number of urea groups is 1. The first-order valence-electron chi connectivity index (χ1n) is 5.47. The van der Waals surface area contributed by atoms with Gasteiger partial charge < -0.3 is 20.5 Å². The second-order valence-corrected chi connectivity index (χ2v) is 3.78. The standard InChI is InChI=1S/C10H18F2N2O4/c1-6(9(15)16)7(2)14-10(17)13-3-4-18-5-8(11)12/h6-8H,3-5H2,1-2H3,(H,15,16)(H2,13,14,17). The van der Waals surface area contributed by atoms with E-state index < -0.39 is 37.0 Å². The highest BCUT2D eigenvalue weighted by molar-refractivity contribution is 5.76. The maximum absolute atomic E-state index is 11.7. The van der Waals surface area contributed by atoms with E-state index in [-0.39, 0.29) is 13.2 Å². The maximum atomic E-state index is 11.7. The Kier molecular flexibility index (Phi) is 7.93. The molecular formula is C10H18F2N2O4. The van der Waals surface area contributed by atoms with E-state index in [2.05, 4.69) is 15.4 Å². The molecule has 106 valence electrons. The Morgan fingerprint density at radius 2 is 1.94 bits per heavy atom. The molecule has 0 saturated heterocycles. The SMILES string of the molecule is CC(NC(=O)NCCOCC(F)F)C(C)C(=O)O. The van der Waals surface area contributed by atoms with Gasteiger partial charge in [0.2, 0.25) is 0 Å². The third-order valence-corrected chi connectivity index (χ3v) is 2.27. The summed E-state index contributed by atoms with van der Waals surface area (Å²) in [5.41, 5.74) is 0. The summed E-state index contributed by atoms with van der Waals surface area (Å²) >= 11 is 0. The molecule has 2 amide bonds. The highest BCUT2D eigenvalue weighted by Crippen LogP contribution is 2.01. The summed E-state index contributed by atoms with van der Waals surface area (Å²) in [4.78, 5) is 21.9. The van der Waals surface area contributed by atoms with Gasteiger partial charge in [-0.25, -0.2) is 13.6 Å². The Balaban J connectivity index is 3.68. The number of rotatable bonds is 8. The van der Waals surface area contributed by atoms with Crippen molar-refractivity contribution in [2.75, 3.05) is 19.8 Å². The van der Waals surface area contributed by atoms with Gasteiger partial charge in [0, 0.05) is 12.6 Å². The number of halogens is 2. The number of aliphatic carboxylic acids is 1. The number of carboxylic acid groups (broad SMARTS) is 1. The summed E-state index contributed by atoms with van der Waals surface area (Å²) < 4.78 is 27.9. The quantitative estimate of drug-likeness (QED) is 0.565. The second-order valence-electron chi connectivity index (χ2n) is 3.78. The van der Waals surface area contributed by atoms with Crippen LogP contribution in [-0.2, 0) is 9.53 Å². The van der Waals surface area contributed by atoms with Gasteiger partial charge in [-0.05, 0) is 13.8 Å². The van der Waals surface area contributed by atoms with Crippen LogP contribution in [0.2, 0.25) is 0 Å². The number of nitrogens with one attached hydrogen (secondary N) is 2.